The number of rotatable bonds is 4. The first-order chi connectivity index (χ1) is 9.82. The van der Waals surface area contributed by atoms with E-state index < -0.39 is 0 Å². The molecule has 122 valence electrons. The summed E-state index contributed by atoms with van der Waals surface area (Å²) in [6, 6.07) is 0. The normalized spacial score (nSPS) is 22.8. The third-order valence-electron chi connectivity index (χ3n) is 5.33. The zero-order chi connectivity index (χ0) is 15.5. The van der Waals surface area contributed by atoms with Crippen LogP contribution in [0.5, 0.6) is 0 Å². The molecule has 21 heavy (non-hydrogen) atoms. The van der Waals surface area contributed by atoms with E-state index in [1.165, 1.54) is 32.2 Å². The van der Waals surface area contributed by atoms with Crippen molar-refractivity contribution in [2.75, 3.05) is 26.2 Å². The second-order valence-corrected chi connectivity index (χ2v) is 8.60. The van der Waals surface area contributed by atoms with Crippen LogP contribution in [0.4, 0.5) is 0 Å². The maximum absolute atomic E-state index is 12.6. The Kier molecular flexibility index (Phi) is 5.34. The van der Waals surface area contributed by atoms with Crippen LogP contribution in [0, 0.1) is 16.7 Å². The minimum Gasteiger partial charge on any atom is -0.343 e. The van der Waals surface area contributed by atoms with Gasteiger partial charge in [-0.2, -0.15) is 0 Å². The van der Waals surface area contributed by atoms with Crippen LogP contribution >= 0.6 is 0 Å². The van der Waals surface area contributed by atoms with Gasteiger partial charge in [-0.15, -0.1) is 0 Å². The fourth-order valence-electron chi connectivity index (χ4n) is 4.39. The van der Waals surface area contributed by atoms with E-state index in [2.05, 4.69) is 37.9 Å². The summed E-state index contributed by atoms with van der Waals surface area (Å²) in [4.78, 5) is 14.7. The molecular weight excluding hydrogens is 260 g/mol. The van der Waals surface area contributed by atoms with Gasteiger partial charge >= 0.3 is 0 Å². The fraction of sp³-hybridized carbons (Fsp3) is 0.944. The van der Waals surface area contributed by atoms with Gasteiger partial charge in [-0.05, 0) is 55.4 Å². The number of likely N-dealkylation sites (tertiary alicyclic amines) is 1. The molecule has 0 bridgehead atoms. The molecule has 2 saturated heterocycles. The average Bonchev–Trinajstić information content (AvgIpc) is 2.38. The number of hydrogen-bond donors (Lipinski definition) is 1. The highest BCUT2D eigenvalue weighted by Gasteiger charge is 2.37. The topological polar surface area (TPSA) is 32.3 Å². The van der Waals surface area contributed by atoms with E-state index in [4.69, 9.17) is 0 Å². The largest absolute Gasteiger partial charge is 0.343 e. The summed E-state index contributed by atoms with van der Waals surface area (Å²) < 4.78 is 0. The lowest BCUT2D eigenvalue weighted by atomic mass is 9.73. The molecular formula is C18H34N2O. The van der Waals surface area contributed by atoms with Gasteiger partial charge in [0.25, 0.3) is 0 Å². The molecule has 1 spiro atoms. The molecule has 0 aromatic carbocycles. The first-order valence-corrected chi connectivity index (χ1v) is 8.81. The van der Waals surface area contributed by atoms with Crippen molar-refractivity contribution in [3.05, 3.63) is 0 Å². The van der Waals surface area contributed by atoms with Crippen LogP contribution < -0.4 is 5.32 Å². The second-order valence-electron chi connectivity index (χ2n) is 8.60. The van der Waals surface area contributed by atoms with Crippen molar-refractivity contribution in [2.45, 2.75) is 66.2 Å². The number of piperidine rings is 2. The van der Waals surface area contributed by atoms with Gasteiger partial charge in [0, 0.05) is 26.1 Å². The Bertz CT molecular complexity index is 346. The van der Waals surface area contributed by atoms with Gasteiger partial charge in [0.2, 0.25) is 5.91 Å². The van der Waals surface area contributed by atoms with Crippen molar-refractivity contribution in [2.24, 2.45) is 16.7 Å². The second kappa shape index (κ2) is 6.68. The molecule has 1 N–H and O–H groups in total. The SMILES string of the molecule is CC(C)CC(C)(C)CC(=O)N1CCC2(CCCNC2)CC1. The summed E-state index contributed by atoms with van der Waals surface area (Å²) in [6.45, 7) is 13.2. The molecule has 2 heterocycles. The Morgan fingerprint density at radius 1 is 1.24 bits per heavy atom. The van der Waals surface area contributed by atoms with Crippen molar-refractivity contribution < 1.29 is 4.79 Å². The molecule has 2 aliphatic heterocycles. The van der Waals surface area contributed by atoms with E-state index in [0.29, 0.717) is 23.7 Å². The molecule has 1 amide bonds. The van der Waals surface area contributed by atoms with Crippen molar-refractivity contribution in [1.82, 2.24) is 10.2 Å². The zero-order valence-corrected chi connectivity index (χ0v) is 14.5. The van der Waals surface area contributed by atoms with Crippen LogP contribution in [-0.2, 0) is 4.79 Å². The number of carbonyl (C=O) groups is 1. The van der Waals surface area contributed by atoms with E-state index in [9.17, 15) is 4.79 Å². The van der Waals surface area contributed by atoms with Crippen LogP contribution in [0.2, 0.25) is 0 Å². The molecule has 2 rings (SSSR count). The van der Waals surface area contributed by atoms with Crippen LogP contribution in [0.15, 0.2) is 0 Å². The molecule has 0 atom stereocenters. The van der Waals surface area contributed by atoms with E-state index >= 15 is 0 Å². The van der Waals surface area contributed by atoms with Crippen LogP contribution in [0.1, 0.15) is 66.2 Å². The minimum atomic E-state index is 0.132. The minimum absolute atomic E-state index is 0.132. The van der Waals surface area contributed by atoms with Crippen molar-refractivity contribution in [1.29, 1.82) is 0 Å². The number of amides is 1. The first-order valence-electron chi connectivity index (χ1n) is 8.81. The molecule has 0 unspecified atom stereocenters. The third kappa shape index (κ3) is 4.70. The molecule has 2 aliphatic rings. The van der Waals surface area contributed by atoms with Crippen LogP contribution in [-0.4, -0.2) is 37.0 Å². The lowest BCUT2D eigenvalue weighted by molar-refractivity contribution is -0.136. The van der Waals surface area contributed by atoms with Crippen molar-refractivity contribution in [3.63, 3.8) is 0 Å². The molecule has 0 radical (unpaired) electrons. The van der Waals surface area contributed by atoms with E-state index in [-0.39, 0.29) is 5.41 Å². The van der Waals surface area contributed by atoms with Gasteiger partial charge in [-0.25, -0.2) is 0 Å². The smallest absolute Gasteiger partial charge is 0.223 e. The van der Waals surface area contributed by atoms with Crippen molar-refractivity contribution in [3.8, 4) is 0 Å². The Morgan fingerprint density at radius 2 is 1.90 bits per heavy atom. The van der Waals surface area contributed by atoms with Crippen LogP contribution in [0.25, 0.3) is 0 Å². The van der Waals surface area contributed by atoms with E-state index in [1.54, 1.807) is 0 Å². The third-order valence-corrected chi connectivity index (χ3v) is 5.33. The van der Waals surface area contributed by atoms with Gasteiger partial charge < -0.3 is 10.2 Å². The monoisotopic (exact) mass is 294 g/mol. The summed E-state index contributed by atoms with van der Waals surface area (Å²) in [5.74, 6) is 1.03. The molecule has 3 heteroatoms. The standard InChI is InChI=1S/C18H34N2O/c1-15(2)12-17(3,4)13-16(21)20-10-7-18(8-11-20)6-5-9-19-14-18/h15,19H,5-14H2,1-4H3. The lowest BCUT2D eigenvalue weighted by Crippen LogP contribution is -2.49. The van der Waals surface area contributed by atoms with Crippen molar-refractivity contribution >= 4 is 5.91 Å². The predicted molar refractivity (Wildman–Crippen MR) is 88.2 cm³/mol. The summed E-state index contributed by atoms with van der Waals surface area (Å²) in [5.41, 5.74) is 0.620. The average molecular weight is 294 g/mol. The summed E-state index contributed by atoms with van der Waals surface area (Å²) >= 11 is 0. The Hall–Kier alpha value is -0.570. The predicted octanol–water partition coefficient (Wildman–Crippen LogP) is 3.44. The highest BCUT2D eigenvalue weighted by atomic mass is 16.2. The summed E-state index contributed by atoms with van der Waals surface area (Å²) in [5, 5.41) is 3.55. The Morgan fingerprint density at radius 3 is 2.43 bits per heavy atom. The molecule has 3 nitrogen and oxygen atoms in total. The van der Waals surface area contributed by atoms with E-state index in [0.717, 1.165) is 26.1 Å². The molecule has 0 aromatic rings. The maximum atomic E-state index is 12.6. The number of hydrogen-bond acceptors (Lipinski definition) is 2. The quantitative estimate of drug-likeness (QED) is 0.861. The zero-order valence-electron chi connectivity index (χ0n) is 14.5. The van der Waals surface area contributed by atoms with Gasteiger partial charge in [0.05, 0.1) is 0 Å². The lowest BCUT2D eigenvalue weighted by Gasteiger charge is -2.45. The fourth-order valence-corrected chi connectivity index (χ4v) is 4.39. The number of nitrogens with one attached hydrogen (secondary N) is 1. The maximum Gasteiger partial charge on any atom is 0.223 e. The Labute approximate surface area is 130 Å². The molecule has 0 aromatic heterocycles. The van der Waals surface area contributed by atoms with E-state index in [1.807, 2.05) is 0 Å². The highest BCUT2D eigenvalue weighted by Crippen LogP contribution is 2.38. The number of nitrogens with zero attached hydrogens (tertiary/aromatic N) is 1. The first kappa shape index (κ1) is 16.8. The van der Waals surface area contributed by atoms with Gasteiger partial charge in [-0.1, -0.05) is 27.7 Å². The van der Waals surface area contributed by atoms with Gasteiger partial charge in [0.1, 0.15) is 0 Å². The molecule has 2 fully saturated rings. The number of carbonyl (C=O) groups excluding carboxylic acids is 1. The Balaban J connectivity index is 1.82. The summed E-state index contributed by atoms with van der Waals surface area (Å²) in [7, 11) is 0. The molecule has 0 aliphatic carbocycles. The molecule has 0 saturated carbocycles. The van der Waals surface area contributed by atoms with Gasteiger partial charge in [0.15, 0.2) is 0 Å². The van der Waals surface area contributed by atoms with Crippen LogP contribution in [0.3, 0.4) is 0 Å². The van der Waals surface area contributed by atoms with Gasteiger partial charge in [-0.3, -0.25) is 4.79 Å². The summed E-state index contributed by atoms with van der Waals surface area (Å²) in [6.07, 6.45) is 6.86. The highest BCUT2D eigenvalue weighted by molar-refractivity contribution is 5.77.